The molecule has 2 N–H and O–H groups in total. The quantitative estimate of drug-likeness (QED) is 0.625. The van der Waals surface area contributed by atoms with E-state index in [0.29, 0.717) is 6.42 Å². The first kappa shape index (κ1) is 21.6. The lowest BCUT2D eigenvalue weighted by molar-refractivity contribution is -0.136. The van der Waals surface area contributed by atoms with Gasteiger partial charge < -0.3 is 15.5 Å². The van der Waals surface area contributed by atoms with Crippen molar-refractivity contribution in [2.24, 2.45) is 23.2 Å². The van der Waals surface area contributed by atoms with Crippen LogP contribution in [0.15, 0.2) is 0 Å². The minimum Gasteiger partial charge on any atom is -0.347 e. The predicted molar refractivity (Wildman–Crippen MR) is 111 cm³/mol. The molecule has 1 unspecified atom stereocenters. The number of nitrogens with zero attached hydrogens (tertiary/aromatic N) is 1. The van der Waals surface area contributed by atoms with E-state index >= 15 is 0 Å². The van der Waals surface area contributed by atoms with E-state index in [1.807, 2.05) is 0 Å². The molecule has 1 saturated heterocycles. The van der Waals surface area contributed by atoms with Crippen molar-refractivity contribution in [2.75, 3.05) is 31.1 Å². The fourth-order valence-corrected chi connectivity index (χ4v) is 7.85. The van der Waals surface area contributed by atoms with E-state index in [1.165, 1.54) is 24.2 Å². The number of amides is 3. The molecule has 0 aromatic carbocycles. The average Bonchev–Trinajstić information content (AvgIpc) is 2.64. The van der Waals surface area contributed by atoms with Crippen LogP contribution in [0, 0.1) is 23.2 Å². The molecule has 1 heterocycles. The first-order valence-corrected chi connectivity index (χ1v) is 13.0. The SMILES string of the molecule is CC(NC(=O)CNC(=O)CC12CC3CC(CC(C3)C1)C2)C(=O)N1CCS(=O)(=O)CC1. The first-order chi connectivity index (χ1) is 14.1. The van der Waals surface area contributed by atoms with E-state index in [-0.39, 0.29) is 48.4 Å². The molecule has 4 bridgehead atoms. The van der Waals surface area contributed by atoms with Gasteiger partial charge in [0.05, 0.1) is 18.1 Å². The third kappa shape index (κ3) is 4.81. The van der Waals surface area contributed by atoms with Crippen LogP contribution in [0.4, 0.5) is 0 Å². The normalized spacial score (nSPS) is 35.0. The summed E-state index contributed by atoms with van der Waals surface area (Å²) in [5.74, 6) is 1.49. The van der Waals surface area contributed by atoms with Gasteiger partial charge in [0.1, 0.15) is 6.04 Å². The molecular weight excluding hydrogens is 406 g/mol. The van der Waals surface area contributed by atoms with Crippen LogP contribution in [0.1, 0.15) is 51.9 Å². The summed E-state index contributed by atoms with van der Waals surface area (Å²) >= 11 is 0. The maximum atomic E-state index is 12.5. The van der Waals surface area contributed by atoms with Crippen molar-refractivity contribution in [1.82, 2.24) is 15.5 Å². The van der Waals surface area contributed by atoms with E-state index < -0.39 is 21.8 Å². The highest BCUT2D eigenvalue weighted by atomic mass is 32.2. The number of hydrogen-bond donors (Lipinski definition) is 2. The van der Waals surface area contributed by atoms with E-state index in [2.05, 4.69) is 10.6 Å². The second-order valence-corrected chi connectivity index (χ2v) is 12.4. The Morgan fingerprint density at radius 1 is 0.967 bits per heavy atom. The number of hydrogen-bond acceptors (Lipinski definition) is 5. The summed E-state index contributed by atoms with van der Waals surface area (Å²) in [5, 5.41) is 5.36. The summed E-state index contributed by atoms with van der Waals surface area (Å²) in [6.45, 7) is 1.75. The molecule has 0 aromatic rings. The molecule has 8 nitrogen and oxygen atoms in total. The largest absolute Gasteiger partial charge is 0.347 e. The van der Waals surface area contributed by atoms with E-state index in [4.69, 9.17) is 0 Å². The summed E-state index contributed by atoms with van der Waals surface area (Å²) in [6, 6.07) is -0.752. The van der Waals surface area contributed by atoms with Crippen molar-refractivity contribution >= 4 is 27.6 Å². The van der Waals surface area contributed by atoms with Crippen molar-refractivity contribution in [3.63, 3.8) is 0 Å². The molecule has 5 fully saturated rings. The molecule has 5 aliphatic rings. The third-order valence-corrected chi connectivity index (χ3v) is 9.16. The van der Waals surface area contributed by atoms with E-state index in [1.54, 1.807) is 6.92 Å². The summed E-state index contributed by atoms with van der Waals surface area (Å²) < 4.78 is 23.0. The molecule has 9 heteroatoms. The second-order valence-electron chi connectivity index (χ2n) is 10.1. The van der Waals surface area contributed by atoms with Crippen LogP contribution in [0.5, 0.6) is 0 Å². The van der Waals surface area contributed by atoms with Crippen LogP contribution in [0.3, 0.4) is 0 Å². The van der Waals surface area contributed by atoms with Gasteiger partial charge in [-0.25, -0.2) is 8.42 Å². The Balaban J connectivity index is 1.20. The molecule has 1 atom stereocenters. The molecule has 30 heavy (non-hydrogen) atoms. The topological polar surface area (TPSA) is 113 Å². The van der Waals surface area contributed by atoms with Gasteiger partial charge >= 0.3 is 0 Å². The zero-order chi connectivity index (χ0) is 21.5. The van der Waals surface area contributed by atoms with Crippen LogP contribution >= 0.6 is 0 Å². The Morgan fingerprint density at radius 3 is 2.03 bits per heavy atom. The van der Waals surface area contributed by atoms with Crippen molar-refractivity contribution in [3.05, 3.63) is 0 Å². The molecule has 3 amide bonds. The Kier molecular flexibility index (Phi) is 5.85. The number of rotatable bonds is 6. The van der Waals surface area contributed by atoms with E-state index in [0.717, 1.165) is 37.0 Å². The lowest BCUT2D eigenvalue weighted by Gasteiger charge is -2.56. The molecule has 0 aromatic heterocycles. The number of carbonyl (C=O) groups is 3. The highest BCUT2D eigenvalue weighted by molar-refractivity contribution is 7.91. The lowest BCUT2D eigenvalue weighted by atomic mass is 9.49. The van der Waals surface area contributed by atoms with Crippen molar-refractivity contribution in [1.29, 1.82) is 0 Å². The first-order valence-electron chi connectivity index (χ1n) is 11.2. The summed E-state index contributed by atoms with van der Waals surface area (Å²) in [6.07, 6.45) is 7.94. The summed E-state index contributed by atoms with van der Waals surface area (Å²) in [7, 11) is -3.06. The molecule has 5 rings (SSSR count). The standard InChI is InChI=1S/C21H33N3O5S/c1-14(20(27)24-2-4-30(28,29)5-3-24)23-19(26)13-22-18(25)12-21-9-15-6-16(10-21)8-17(7-15)11-21/h14-17H,2-13H2,1H3,(H,22,25)(H,23,26). The van der Waals surface area contributed by atoms with Crippen LogP contribution in [0.2, 0.25) is 0 Å². The van der Waals surface area contributed by atoms with Gasteiger partial charge in [0.2, 0.25) is 17.7 Å². The zero-order valence-corrected chi connectivity index (χ0v) is 18.5. The highest BCUT2D eigenvalue weighted by Gasteiger charge is 2.51. The summed E-state index contributed by atoms with van der Waals surface area (Å²) in [4.78, 5) is 38.7. The fraction of sp³-hybridized carbons (Fsp3) is 0.857. The van der Waals surface area contributed by atoms with Crippen molar-refractivity contribution in [3.8, 4) is 0 Å². The average molecular weight is 440 g/mol. The monoisotopic (exact) mass is 439 g/mol. The van der Waals surface area contributed by atoms with Gasteiger partial charge in [-0.3, -0.25) is 14.4 Å². The van der Waals surface area contributed by atoms with E-state index in [9.17, 15) is 22.8 Å². The Bertz CT molecular complexity index is 775. The predicted octanol–water partition coefficient (Wildman–Crippen LogP) is 0.471. The molecule has 0 radical (unpaired) electrons. The Hall–Kier alpha value is -1.64. The van der Waals surface area contributed by atoms with Crippen LogP contribution in [0.25, 0.3) is 0 Å². The lowest BCUT2D eigenvalue weighted by Crippen LogP contribution is -2.53. The Morgan fingerprint density at radius 2 is 1.50 bits per heavy atom. The second kappa shape index (κ2) is 8.13. The van der Waals surface area contributed by atoms with Crippen LogP contribution < -0.4 is 10.6 Å². The molecular formula is C21H33N3O5S. The number of carbonyl (C=O) groups excluding carboxylic acids is 3. The van der Waals surface area contributed by atoms with Gasteiger partial charge in [-0.1, -0.05) is 0 Å². The van der Waals surface area contributed by atoms with Gasteiger partial charge in [0.25, 0.3) is 0 Å². The maximum absolute atomic E-state index is 12.5. The minimum absolute atomic E-state index is 0.0419. The zero-order valence-electron chi connectivity index (χ0n) is 17.7. The third-order valence-electron chi connectivity index (χ3n) is 7.55. The van der Waals surface area contributed by atoms with Crippen molar-refractivity contribution < 1.29 is 22.8 Å². The fourth-order valence-electron chi connectivity index (χ4n) is 6.65. The van der Waals surface area contributed by atoms with Gasteiger partial charge in [0, 0.05) is 19.5 Å². The summed E-state index contributed by atoms with van der Waals surface area (Å²) in [5.41, 5.74) is 0.132. The number of sulfone groups is 1. The Labute approximate surface area is 178 Å². The number of nitrogens with one attached hydrogen (secondary N) is 2. The molecule has 1 aliphatic heterocycles. The molecule has 4 saturated carbocycles. The van der Waals surface area contributed by atoms with Crippen LogP contribution in [-0.4, -0.2) is 68.2 Å². The smallest absolute Gasteiger partial charge is 0.244 e. The van der Waals surface area contributed by atoms with Crippen LogP contribution in [-0.2, 0) is 24.2 Å². The van der Waals surface area contributed by atoms with Gasteiger partial charge in [-0.15, -0.1) is 0 Å². The molecule has 4 aliphatic carbocycles. The molecule has 0 spiro atoms. The van der Waals surface area contributed by atoms with Gasteiger partial charge in [0.15, 0.2) is 9.84 Å². The highest BCUT2D eigenvalue weighted by Crippen LogP contribution is 2.61. The minimum atomic E-state index is -3.06. The molecule has 168 valence electrons. The maximum Gasteiger partial charge on any atom is 0.244 e. The van der Waals surface area contributed by atoms with Gasteiger partial charge in [-0.05, 0) is 68.6 Å². The van der Waals surface area contributed by atoms with Crippen molar-refractivity contribution in [2.45, 2.75) is 57.9 Å². The van der Waals surface area contributed by atoms with Gasteiger partial charge in [-0.2, -0.15) is 0 Å².